The van der Waals surface area contributed by atoms with Gasteiger partial charge in [-0.25, -0.2) is 9.78 Å². The molecule has 5 nitrogen and oxygen atoms in total. The van der Waals surface area contributed by atoms with E-state index < -0.39 is 0 Å². The molecule has 138 valence electrons. The van der Waals surface area contributed by atoms with Gasteiger partial charge in [0.2, 0.25) is 0 Å². The van der Waals surface area contributed by atoms with Gasteiger partial charge in [0.05, 0.1) is 18.4 Å². The number of aromatic nitrogens is 1. The van der Waals surface area contributed by atoms with Gasteiger partial charge in [-0.05, 0) is 36.1 Å². The minimum Gasteiger partial charge on any atom is -0.465 e. The van der Waals surface area contributed by atoms with E-state index in [0.717, 1.165) is 21.9 Å². The maximum Gasteiger partial charge on any atom is 0.337 e. The highest BCUT2D eigenvalue weighted by molar-refractivity contribution is 7.99. The van der Waals surface area contributed by atoms with E-state index in [9.17, 15) is 9.59 Å². The van der Waals surface area contributed by atoms with Crippen LogP contribution in [0.1, 0.15) is 27.6 Å². The molecule has 1 amide bonds. The fraction of sp³-hybridized carbons (Fsp3) is 0.150. The SMILES string of the molecule is CCSc1cccc(C(=O)Nc2nc(-c3ccc(C(=O)OC)cc3)cs2)c1. The topological polar surface area (TPSA) is 68.3 Å². The van der Waals surface area contributed by atoms with Gasteiger partial charge in [0, 0.05) is 21.4 Å². The van der Waals surface area contributed by atoms with Crippen LogP contribution in [-0.4, -0.2) is 29.7 Å². The minimum atomic E-state index is -0.378. The van der Waals surface area contributed by atoms with E-state index in [1.807, 2.05) is 23.6 Å². The zero-order valence-corrected chi connectivity index (χ0v) is 16.5. The Morgan fingerprint density at radius 3 is 2.63 bits per heavy atom. The number of thiazole rings is 1. The molecule has 2 aromatic carbocycles. The quantitative estimate of drug-likeness (QED) is 0.469. The van der Waals surface area contributed by atoms with Crippen molar-refractivity contribution >= 4 is 40.1 Å². The lowest BCUT2D eigenvalue weighted by Gasteiger charge is -2.04. The second kappa shape index (κ2) is 8.83. The van der Waals surface area contributed by atoms with E-state index in [4.69, 9.17) is 4.74 Å². The second-order valence-electron chi connectivity index (χ2n) is 5.52. The number of carbonyl (C=O) groups is 2. The van der Waals surface area contributed by atoms with Crippen LogP contribution >= 0.6 is 23.1 Å². The number of rotatable bonds is 6. The molecule has 0 atom stereocenters. The van der Waals surface area contributed by atoms with Crippen LogP contribution in [0.5, 0.6) is 0 Å². The second-order valence-corrected chi connectivity index (χ2v) is 7.72. The molecule has 3 aromatic rings. The van der Waals surface area contributed by atoms with Crippen molar-refractivity contribution in [3.8, 4) is 11.3 Å². The average Bonchev–Trinajstić information content (AvgIpc) is 3.16. The van der Waals surface area contributed by atoms with Crippen LogP contribution in [0.4, 0.5) is 5.13 Å². The van der Waals surface area contributed by atoms with Crippen molar-refractivity contribution in [1.82, 2.24) is 4.98 Å². The summed E-state index contributed by atoms with van der Waals surface area (Å²) in [5, 5.41) is 5.24. The molecule has 0 aliphatic rings. The molecule has 0 saturated heterocycles. The van der Waals surface area contributed by atoms with Gasteiger partial charge < -0.3 is 4.74 Å². The highest BCUT2D eigenvalue weighted by Crippen LogP contribution is 2.26. The molecule has 0 spiro atoms. The molecule has 0 unspecified atom stereocenters. The maximum absolute atomic E-state index is 12.5. The van der Waals surface area contributed by atoms with E-state index >= 15 is 0 Å². The number of esters is 1. The smallest absolute Gasteiger partial charge is 0.337 e. The lowest BCUT2D eigenvalue weighted by Crippen LogP contribution is -2.11. The summed E-state index contributed by atoms with van der Waals surface area (Å²) in [5.41, 5.74) is 2.69. The molecule has 1 heterocycles. The maximum atomic E-state index is 12.5. The zero-order chi connectivity index (χ0) is 19.2. The van der Waals surface area contributed by atoms with E-state index in [1.165, 1.54) is 18.4 Å². The molecule has 0 fully saturated rings. The predicted octanol–water partition coefficient (Wildman–Crippen LogP) is 4.96. The highest BCUT2D eigenvalue weighted by Gasteiger charge is 2.11. The van der Waals surface area contributed by atoms with Gasteiger partial charge in [-0.2, -0.15) is 0 Å². The fourth-order valence-electron chi connectivity index (χ4n) is 2.42. The summed E-state index contributed by atoms with van der Waals surface area (Å²) >= 11 is 3.05. The van der Waals surface area contributed by atoms with E-state index in [-0.39, 0.29) is 11.9 Å². The number of ether oxygens (including phenoxy) is 1. The number of amides is 1. The molecule has 0 saturated carbocycles. The molecule has 0 bridgehead atoms. The van der Waals surface area contributed by atoms with Crippen LogP contribution in [0.15, 0.2) is 58.8 Å². The van der Waals surface area contributed by atoms with Crippen molar-refractivity contribution in [2.24, 2.45) is 0 Å². The summed E-state index contributed by atoms with van der Waals surface area (Å²) in [6.07, 6.45) is 0. The number of benzene rings is 2. The molecule has 1 N–H and O–H groups in total. The molecular weight excluding hydrogens is 380 g/mol. The summed E-state index contributed by atoms with van der Waals surface area (Å²) in [6, 6.07) is 14.5. The zero-order valence-electron chi connectivity index (χ0n) is 14.9. The largest absolute Gasteiger partial charge is 0.465 e. The van der Waals surface area contributed by atoms with Crippen LogP contribution in [-0.2, 0) is 4.74 Å². The third-order valence-electron chi connectivity index (χ3n) is 3.73. The van der Waals surface area contributed by atoms with Gasteiger partial charge in [0.25, 0.3) is 5.91 Å². The van der Waals surface area contributed by atoms with E-state index in [0.29, 0.717) is 16.3 Å². The standard InChI is InChI=1S/C20H18N2O3S2/c1-3-26-16-6-4-5-15(11-16)18(23)22-20-21-17(12-27-20)13-7-9-14(10-8-13)19(24)25-2/h4-12H,3H2,1-2H3,(H,21,22,23). The van der Waals surface area contributed by atoms with E-state index in [2.05, 4.69) is 17.2 Å². The van der Waals surface area contributed by atoms with Crippen LogP contribution < -0.4 is 5.32 Å². The molecule has 27 heavy (non-hydrogen) atoms. The van der Waals surface area contributed by atoms with Crippen LogP contribution in [0.2, 0.25) is 0 Å². The molecule has 1 aromatic heterocycles. The lowest BCUT2D eigenvalue weighted by atomic mass is 10.1. The molecule has 3 rings (SSSR count). The number of nitrogens with zero attached hydrogens (tertiary/aromatic N) is 1. The van der Waals surface area contributed by atoms with Gasteiger partial charge >= 0.3 is 5.97 Å². The monoisotopic (exact) mass is 398 g/mol. The van der Waals surface area contributed by atoms with Gasteiger partial charge in [0.15, 0.2) is 5.13 Å². The summed E-state index contributed by atoms with van der Waals surface area (Å²) in [6.45, 7) is 2.08. The Kier molecular flexibility index (Phi) is 6.26. The van der Waals surface area contributed by atoms with Crippen molar-refractivity contribution in [2.45, 2.75) is 11.8 Å². The molecule has 0 aliphatic heterocycles. The van der Waals surface area contributed by atoms with Crippen molar-refractivity contribution in [3.05, 3.63) is 65.0 Å². The molecule has 7 heteroatoms. The Bertz CT molecular complexity index is 952. The number of hydrogen-bond acceptors (Lipinski definition) is 6. The van der Waals surface area contributed by atoms with Crippen molar-refractivity contribution in [3.63, 3.8) is 0 Å². The Hall–Kier alpha value is -2.64. The van der Waals surface area contributed by atoms with Crippen LogP contribution in [0.25, 0.3) is 11.3 Å². The Morgan fingerprint density at radius 1 is 1.15 bits per heavy atom. The number of carbonyl (C=O) groups excluding carboxylic acids is 2. The lowest BCUT2D eigenvalue weighted by molar-refractivity contribution is 0.0600. The fourth-order valence-corrected chi connectivity index (χ4v) is 3.85. The first-order valence-corrected chi connectivity index (χ1v) is 10.2. The number of thioether (sulfide) groups is 1. The Labute approximate surface area is 165 Å². The van der Waals surface area contributed by atoms with Crippen molar-refractivity contribution < 1.29 is 14.3 Å². The normalized spacial score (nSPS) is 10.4. The first kappa shape index (κ1) is 19.1. The Balaban J connectivity index is 1.71. The van der Waals surface area contributed by atoms with E-state index in [1.54, 1.807) is 42.1 Å². The van der Waals surface area contributed by atoms with Gasteiger partial charge in [-0.15, -0.1) is 23.1 Å². The Morgan fingerprint density at radius 2 is 1.93 bits per heavy atom. The van der Waals surface area contributed by atoms with Gasteiger partial charge in [-0.1, -0.05) is 25.1 Å². The highest BCUT2D eigenvalue weighted by atomic mass is 32.2. The number of hydrogen-bond donors (Lipinski definition) is 1. The molecular formula is C20H18N2O3S2. The van der Waals surface area contributed by atoms with Crippen LogP contribution in [0, 0.1) is 0 Å². The first-order valence-electron chi connectivity index (χ1n) is 8.29. The third kappa shape index (κ3) is 4.75. The molecule has 0 radical (unpaired) electrons. The van der Waals surface area contributed by atoms with Gasteiger partial charge in [-0.3, -0.25) is 10.1 Å². The third-order valence-corrected chi connectivity index (χ3v) is 5.37. The number of anilines is 1. The van der Waals surface area contributed by atoms with Crippen molar-refractivity contribution in [2.75, 3.05) is 18.2 Å². The van der Waals surface area contributed by atoms with Crippen LogP contribution in [0.3, 0.4) is 0 Å². The average molecular weight is 399 g/mol. The summed E-state index contributed by atoms with van der Waals surface area (Å²) in [4.78, 5) is 29.5. The minimum absolute atomic E-state index is 0.185. The predicted molar refractivity (Wildman–Crippen MR) is 110 cm³/mol. The molecule has 0 aliphatic carbocycles. The number of nitrogens with one attached hydrogen (secondary N) is 1. The first-order chi connectivity index (χ1) is 13.1. The summed E-state index contributed by atoms with van der Waals surface area (Å²) in [5.74, 6) is 0.391. The van der Waals surface area contributed by atoms with Gasteiger partial charge in [0.1, 0.15) is 0 Å². The van der Waals surface area contributed by atoms with Crippen molar-refractivity contribution in [1.29, 1.82) is 0 Å². The summed E-state index contributed by atoms with van der Waals surface area (Å²) < 4.78 is 4.69. The summed E-state index contributed by atoms with van der Waals surface area (Å²) in [7, 11) is 1.35. The number of methoxy groups -OCH3 is 1.